The first-order valence-electron chi connectivity index (χ1n) is 25.9. The summed E-state index contributed by atoms with van der Waals surface area (Å²) >= 11 is 0. The summed E-state index contributed by atoms with van der Waals surface area (Å²) in [6.07, 6.45) is 55.1. The highest BCUT2D eigenvalue weighted by Gasteiger charge is 2.23. The summed E-state index contributed by atoms with van der Waals surface area (Å²) in [5.74, 6) is -0.209. The fourth-order valence-electron chi connectivity index (χ4n) is 7.48. The highest BCUT2D eigenvalue weighted by Crippen LogP contribution is 2.38. The maximum Gasteiger partial charge on any atom is 0.268 e. The minimum atomic E-state index is -4.60. The number of rotatable bonds is 47. The zero-order valence-electron chi connectivity index (χ0n) is 40.9. The van der Waals surface area contributed by atoms with E-state index in [0.717, 1.165) is 51.4 Å². The molecule has 0 saturated heterocycles. The summed E-state index contributed by atoms with van der Waals surface area (Å²) in [5.41, 5.74) is 0. The SMILES string of the molecule is CCCCC/C=C/CC/C=C/CC/C=C/C(O)C(COP(=O)([O-])OCC[N+](C)(C)C)NC(=O)CCCCCCCCCCCCCCCCCCCCCCCCCCCC. The average Bonchev–Trinajstić information content (AvgIpc) is 3.21. The molecule has 0 heterocycles. The Kier molecular flexibility index (Phi) is 43.0. The summed E-state index contributed by atoms with van der Waals surface area (Å²) in [7, 11) is 1.24. The van der Waals surface area contributed by atoms with Crippen LogP contribution in [0.25, 0.3) is 0 Å². The van der Waals surface area contributed by atoms with Gasteiger partial charge in [-0.3, -0.25) is 9.36 Å². The normalized spacial score (nSPS) is 14.4. The third-order valence-corrected chi connectivity index (χ3v) is 12.5. The minimum absolute atomic E-state index is 0.00780. The number of nitrogens with zero attached hydrogens (tertiary/aromatic N) is 1. The van der Waals surface area contributed by atoms with Crippen LogP contribution in [0.15, 0.2) is 36.5 Å². The molecule has 8 nitrogen and oxygen atoms in total. The summed E-state index contributed by atoms with van der Waals surface area (Å²) in [6, 6.07) is -0.906. The first-order chi connectivity index (χ1) is 29.5. The van der Waals surface area contributed by atoms with Gasteiger partial charge >= 0.3 is 0 Å². The standard InChI is InChI=1S/C52H101N2O6P/c1-6-8-10-12-14-16-18-20-21-22-23-24-25-26-27-28-29-30-31-32-34-36-38-40-42-44-46-52(56)53-50(49-60-61(57,58)59-48-47-54(3,4)5)51(55)45-43-41-39-37-35-33-19-17-15-13-11-9-7-2/h15,17,35,37,43,45,50-51,55H,6-14,16,18-34,36,38-42,44,46-49H2,1-5H3,(H-,53,56,57,58)/b17-15+,37-35+,45-43+. The van der Waals surface area contributed by atoms with E-state index in [1.165, 1.54) is 167 Å². The van der Waals surface area contributed by atoms with E-state index < -0.39 is 26.6 Å². The predicted octanol–water partition coefficient (Wildman–Crippen LogP) is 14.4. The number of quaternary nitrogens is 1. The number of carbonyl (C=O) groups excluding carboxylic acids is 1. The van der Waals surface area contributed by atoms with Crippen molar-refractivity contribution in [2.45, 2.75) is 251 Å². The van der Waals surface area contributed by atoms with Gasteiger partial charge in [-0.2, -0.15) is 0 Å². The molecule has 0 aromatic heterocycles. The Labute approximate surface area is 378 Å². The zero-order valence-corrected chi connectivity index (χ0v) is 41.8. The van der Waals surface area contributed by atoms with Gasteiger partial charge in [-0.15, -0.1) is 0 Å². The number of carbonyl (C=O) groups is 1. The number of hydrogen-bond donors (Lipinski definition) is 2. The van der Waals surface area contributed by atoms with Gasteiger partial charge in [0.15, 0.2) is 0 Å². The van der Waals surface area contributed by atoms with Crippen LogP contribution in [0.5, 0.6) is 0 Å². The van der Waals surface area contributed by atoms with Crippen molar-refractivity contribution in [1.82, 2.24) is 5.32 Å². The Morgan fingerprint density at radius 2 is 0.918 bits per heavy atom. The fourth-order valence-corrected chi connectivity index (χ4v) is 8.20. The number of unbranched alkanes of at least 4 members (excludes halogenated alkanes) is 30. The molecule has 2 N–H and O–H groups in total. The molecule has 61 heavy (non-hydrogen) atoms. The van der Waals surface area contributed by atoms with Crippen LogP contribution in [0.1, 0.15) is 239 Å². The highest BCUT2D eigenvalue weighted by molar-refractivity contribution is 7.45. The molecule has 3 atom stereocenters. The Morgan fingerprint density at radius 1 is 0.557 bits per heavy atom. The van der Waals surface area contributed by atoms with Crippen LogP contribution in [-0.4, -0.2) is 68.5 Å². The Balaban J connectivity index is 4.17. The molecule has 0 fully saturated rings. The number of phosphoric ester groups is 1. The average molecular weight is 881 g/mol. The molecule has 0 bridgehead atoms. The molecule has 3 unspecified atom stereocenters. The number of amides is 1. The van der Waals surface area contributed by atoms with E-state index in [2.05, 4.69) is 43.5 Å². The molecule has 0 spiro atoms. The van der Waals surface area contributed by atoms with Gasteiger partial charge < -0.3 is 28.8 Å². The van der Waals surface area contributed by atoms with Crippen molar-refractivity contribution >= 4 is 13.7 Å². The van der Waals surface area contributed by atoms with Gasteiger partial charge in [-0.25, -0.2) is 0 Å². The van der Waals surface area contributed by atoms with Crippen LogP contribution in [0.3, 0.4) is 0 Å². The molecule has 0 aliphatic rings. The lowest BCUT2D eigenvalue weighted by Crippen LogP contribution is -2.45. The molecule has 0 aliphatic heterocycles. The van der Waals surface area contributed by atoms with Crippen molar-refractivity contribution in [2.75, 3.05) is 40.9 Å². The maximum atomic E-state index is 12.9. The van der Waals surface area contributed by atoms with Gasteiger partial charge in [-0.05, 0) is 44.9 Å². The molecule has 0 aromatic rings. The number of allylic oxidation sites excluding steroid dienone is 5. The van der Waals surface area contributed by atoms with Gasteiger partial charge in [0.1, 0.15) is 13.2 Å². The molecular formula is C52H101N2O6P. The van der Waals surface area contributed by atoms with E-state index in [9.17, 15) is 19.4 Å². The van der Waals surface area contributed by atoms with Crippen LogP contribution in [0.4, 0.5) is 0 Å². The third-order valence-electron chi connectivity index (χ3n) is 11.6. The topological polar surface area (TPSA) is 108 Å². The largest absolute Gasteiger partial charge is 0.756 e. The first-order valence-corrected chi connectivity index (χ1v) is 27.3. The van der Waals surface area contributed by atoms with Crippen LogP contribution < -0.4 is 10.2 Å². The Hall–Kier alpha value is -1.28. The van der Waals surface area contributed by atoms with E-state index in [1.54, 1.807) is 6.08 Å². The first kappa shape index (κ1) is 59.7. The molecule has 9 heteroatoms. The number of likely N-dealkylation sites (N-methyl/N-ethyl adjacent to an activating group) is 1. The lowest BCUT2D eigenvalue weighted by Gasteiger charge is -2.29. The van der Waals surface area contributed by atoms with Gasteiger partial charge in [0, 0.05) is 6.42 Å². The second kappa shape index (κ2) is 43.9. The number of phosphoric acid groups is 1. The summed E-state index contributed by atoms with van der Waals surface area (Å²) in [5, 5.41) is 13.8. The minimum Gasteiger partial charge on any atom is -0.756 e. The zero-order chi connectivity index (χ0) is 45.0. The molecule has 0 aliphatic carbocycles. The lowest BCUT2D eigenvalue weighted by atomic mass is 10.0. The van der Waals surface area contributed by atoms with E-state index >= 15 is 0 Å². The van der Waals surface area contributed by atoms with E-state index in [0.29, 0.717) is 17.4 Å². The van der Waals surface area contributed by atoms with Crippen LogP contribution >= 0.6 is 7.82 Å². The molecule has 0 saturated carbocycles. The third kappa shape index (κ3) is 46.5. The van der Waals surface area contributed by atoms with Crippen LogP contribution in [0, 0.1) is 0 Å². The Morgan fingerprint density at radius 3 is 1.33 bits per heavy atom. The summed E-state index contributed by atoms with van der Waals surface area (Å²) in [6.45, 7) is 4.60. The summed E-state index contributed by atoms with van der Waals surface area (Å²) < 4.78 is 23.2. The van der Waals surface area contributed by atoms with Crippen molar-refractivity contribution in [3.8, 4) is 0 Å². The highest BCUT2D eigenvalue weighted by atomic mass is 31.2. The predicted molar refractivity (Wildman–Crippen MR) is 261 cm³/mol. The van der Waals surface area contributed by atoms with E-state index in [1.807, 2.05) is 27.2 Å². The molecule has 1 amide bonds. The van der Waals surface area contributed by atoms with Crippen molar-refractivity contribution < 1.29 is 32.9 Å². The van der Waals surface area contributed by atoms with Crippen LogP contribution in [0.2, 0.25) is 0 Å². The molecule has 0 aromatic carbocycles. The van der Waals surface area contributed by atoms with Crippen molar-refractivity contribution in [2.24, 2.45) is 0 Å². The second-order valence-corrected chi connectivity index (χ2v) is 20.3. The maximum absolute atomic E-state index is 12.9. The van der Waals surface area contributed by atoms with Crippen LogP contribution in [-0.2, 0) is 18.4 Å². The van der Waals surface area contributed by atoms with Crippen molar-refractivity contribution in [3.63, 3.8) is 0 Å². The number of hydrogen-bond acceptors (Lipinski definition) is 6. The molecule has 0 radical (unpaired) electrons. The van der Waals surface area contributed by atoms with Gasteiger partial charge in [0.25, 0.3) is 7.82 Å². The van der Waals surface area contributed by atoms with Gasteiger partial charge in [0.05, 0.1) is 39.9 Å². The number of aliphatic hydroxyl groups is 1. The van der Waals surface area contributed by atoms with E-state index in [4.69, 9.17) is 9.05 Å². The fraction of sp³-hybridized carbons (Fsp3) is 0.865. The lowest BCUT2D eigenvalue weighted by molar-refractivity contribution is -0.870. The quantitative estimate of drug-likeness (QED) is 0.0273. The monoisotopic (exact) mass is 881 g/mol. The van der Waals surface area contributed by atoms with Crippen molar-refractivity contribution in [3.05, 3.63) is 36.5 Å². The molecular weight excluding hydrogens is 780 g/mol. The van der Waals surface area contributed by atoms with Crippen molar-refractivity contribution in [1.29, 1.82) is 0 Å². The van der Waals surface area contributed by atoms with Gasteiger partial charge in [-0.1, -0.05) is 224 Å². The van der Waals surface area contributed by atoms with E-state index in [-0.39, 0.29) is 12.5 Å². The number of nitrogens with one attached hydrogen (secondary N) is 1. The molecule has 360 valence electrons. The second-order valence-electron chi connectivity index (χ2n) is 18.9. The smallest absolute Gasteiger partial charge is 0.268 e. The number of aliphatic hydroxyl groups excluding tert-OH is 1. The van der Waals surface area contributed by atoms with Gasteiger partial charge in [0.2, 0.25) is 5.91 Å². The summed E-state index contributed by atoms with van der Waals surface area (Å²) in [4.78, 5) is 25.4. The molecule has 0 rings (SSSR count). The Bertz CT molecular complexity index is 1090.